The predicted molar refractivity (Wildman–Crippen MR) is 71.8 cm³/mol. The zero-order valence-corrected chi connectivity index (χ0v) is 10.7. The molecule has 1 aromatic heterocycles. The molecule has 0 bridgehead atoms. The molecule has 0 saturated heterocycles. The average Bonchev–Trinajstić information content (AvgIpc) is 2.33. The van der Waals surface area contributed by atoms with Gasteiger partial charge < -0.3 is 4.98 Å². The van der Waals surface area contributed by atoms with Crippen LogP contribution in [0.3, 0.4) is 0 Å². The number of hydrogen-bond acceptors (Lipinski definition) is 2. The van der Waals surface area contributed by atoms with Crippen LogP contribution in [0, 0.1) is 11.3 Å². The Morgan fingerprint density at radius 3 is 2.61 bits per heavy atom. The van der Waals surface area contributed by atoms with E-state index in [9.17, 15) is 4.79 Å². The molecule has 0 spiro atoms. The van der Waals surface area contributed by atoms with Crippen molar-refractivity contribution >= 4 is 23.2 Å². The Hall–Kier alpha value is -1.76. The first-order chi connectivity index (χ1) is 8.61. The Labute approximate surface area is 114 Å². The molecule has 2 aromatic rings. The summed E-state index contributed by atoms with van der Waals surface area (Å²) in [7, 11) is 0. The Morgan fingerprint density at radius 2 is 1.94 bits per heavy atom. The van der Waals surface area contributed by atoms with Gasteiger partial charge in [0.2, 0.25) is 0 Å². The highest BCUT2D eigenvalue weighted by Crippen LogP contribution is 2.28. The Morgan fingerprint density at radius 1 is 1.17 bits per heavy atom. The molecule has 0 aliphatic carbocycles. The third-order valence-electron chi connectivity index (χ3n) is 2.46. The van der Waals surface area contributed by atoms with Crippen molar-refractivity contribution in [2.75, 3.05) is 0 Å². The van der Waals surface area contributed by atoms with Crippen LogP contribution in [-0.2, 0) is 6.42 Å². The van der Waals surface area contributed by atoms with E-state index in [1.54, 1.807) is 30.3 Å². The summed E-state index contributed by atoms with van der Waals surface area (Å²) in [5.74, 6) is 0. The normalized spacial score (nSPS) is 10.1. The van der Waals surface area contributed by atoms with E-state index in [0.717, 1.165) is 0 Å². The SMILES string of the molecule is N#CCc1ccc(-c2cc(Cl)ccc2Cl)c(=O)[nH]1. The van der Waals surface area contributed by atoms with Gasteiger partial charge >= 0.3 is 0 Å². The maximum atomic E-state index is 11.9. The smallest absolute Gasteiger partial charge is 0.256 e. The molecule has 1 heterocycles. The third kappa shape index (κ3) is 2.56. The van der Waals surface area contributed by atoms with Gasteiger partial charge in [0.15, 0.2) is 0 Å². The van der Waals surface area contributed by atoms with Crippen LogP contribution in [0.2, 0.25) is 10.0 Å². The summed E-state index contributed by atoms with van der Waals surface area (Å²) in [5, 5.41) is 9.53. The number of benzene rings is 1. The molecule has 2 rings (SSSR count). The Kier molecular flexibility index (Phi) is 3.71. The number of nitrogens with zero attached hydrogens (tertiary/aromatic N) is 1. The summed E-state index contributed by atoms with van der Waals surface area (Å²) < 4.78 is 0. The van der Waals surface area contributed by atoms with E-state index in [1.807, 2.05) is 6.07 Å². The zero-order chi connectivity index (χ0) is 13.1. The maximum Gasteiger partial charge on any atom is 0.256 e. The van der Waals surface area contributed by atoms with Crippen molar-refractivity contribution in [1.82, 2.24) is 4.98 Å². The van der Waals surface area contributed by atoms with Crippen LogP contribution in [0.4, 0.5) is 0 Å². The van der Waals surface area contributed by atoms with Gasteiger partial charge in [0.05, 0.1) is 12.5 Å². The lowest BCUT2D eigenvalue weighted by atomic mass is 10.1. The van der Waals surface area contributed by atoms with Crippen molar-refractivity contribution in [3.05, 3.63) is 56.4 Å². The van der Waals surface area contributed by atoms with Crippen molar-refractivity contribution in [2.45, 2.75) is 6.42 Å². The molecule has 3 nitrogen and oxygen atoms in total. The van der Waals surface area contributed by atoms with Gasteiger partial charge in [-0.2, -0.15) is 5.26 Å². The fourth-order valence-corrected chi connectivity index (χ4v) is 2.01. The minimum absolute atomic E-state index is 0.165. The van der Waals surface area contributed by atoms with Crippen molar-refractivity contribution in [3.63, 3.8) is 0 Å². The molecule has 0 fully saturated rings. The monoisotopic (exact) mass is 278 g/mol. The molecule has 90 valence electrons. The largest absolute Gasteiger partial charge is 0.325 e. The number of nitrogens with one attached hydrogen (secondary N) is 1. The molecule has 1 N–H and O–H groups in total. The van der Waals surface area contributed by atoms with Gasteiger partial charge in [-0.25, -0.2) is 0 Å². The number of nitriles is 1. The van der Waals surface area contributed by atoms with Crippen LogP contribution >= 0.6 is 23.2 Å². The van der Waals surface area contributed by atoms with Gasteiger partial charge in [-0.15, -0.1) is 0 Å². The van der Waals surface area contributed by atoms with E-state index < -0.39 is 0 Å². The van der Waals surface area contributed by atoms with E-state index in [0.29, 0.717) is 26.9 Å². The van der Waals surface area contributed by atoms with Gasteiger partial charge in [0.25, 0.3) is 5.56 Å². The quantitative estimate of drug-likeness (QED) is 0.915. The molecule has 5 heteroatoms. The molecule has 0 atom stereocenters. The van der Waals surface area contributed by atoms with Crippen LogP contribution in [-0.4, -0.2) is 4.98 Å². The molecule has 0 unspecified atom stereocenters. The van der Waals surface area contributed by atoms with Crippen LogP contribution in [0.25, 0.3) is 11.1 Å². The average molecular weight is 279 g/mol. The summed E-state index contributed by atoms with van der Waals surface area (Å²) in [5.41, 5.74) is 1.30. The van der Waals surface area contributed by atoms with E-state index in [2.05, 4.69) is 4.98 Å². The second kappa shape index (κ2) is 5.26. The van der Waals surface area contributed by atoms with E-state index >= 15 is 0 Å². The molecule has 0 aliphatic heterocycles. The predicted octanol–water partition coefficient (Wildman–Crippen LogP) is 3.41. The standard InChI is InChI=1S/C13H8Cl2N2O/c14-8-1-4-12(15)11(7-8)10-3-2-9(5-6-16)17-13(10)18/h1-4,7H,5H2,(H,17,18). The van der Waals surface area contributed by atoms with Crippen molar-refractivity contribution in [1.29, 1.82) is 5.26 Å². The molecular formula is C13H8Cl2N2O. The number of aromatic nitrogens is 1. The minimum Gasteiger partial charge on any atom is -0.325 e. The van der Waals surface area contributed by atoms with Crippen molar-refractivity contribution in [2.24, 2.45) is 0 Å². The molecule has 0 radical (unpaired) electrons. The van der Waals surface area contributed by atoms with Gasteiger partial charge in [-0.1, -0.05) is 23.2 Å². The maximum absolute atomic E-state index is 11.9. The summed E-state index contributed by atoms with van der Waals surface area (Å²) in [6, 6.07) is 10.2. The number of aromatic amines is 1. The Balaban J connectivity index is 2.55. The Bertz CT molecular complexity index is 686. The first-order valence-electron chi connectivity index (χ1n) is 5.16. The van der Waals surface area contributed by atoms with E-state index in [-0.39, 0.29) is 12.0 Å². The second-order valence-electron chi connectivity index (χ2n) is 3.69. The highest BCUT2D eigenvalue weighted by molar-refractivity contribution is 6.35. The summed E-state index contributed by atoms with van der Waals surface area (Å²) >= 11 is 11.9. The third-order valence-corrected chi connectivity index (χ3v) is 3.02. The summed E-state index contributed by atoms with van der Waals surface area (Å²) in [4.78, 5) is 14.6. The van der Waals surface area contributed by atoms with Crippen LogP contribution in [0.5, 0.6) is 0 Å². The number of H-pyrrole nitrogens is 1. The molecule has 18 heavy (non-hydrogen) atoms. The number of hydrogen-bond donors (Lipinski definition) is 1. The lowest BCUT2D eigenvalue weighted by molar-refractivity contribution is 1.08. The first kappa shape index (κ1) is 12.7. The summed E-state index contributed by atoms with van der Waals surface area (Å²) in [6.07, 6.45) is 0.165. The number of rotatable bonds is 2. The second-order valence-corrected chi connectivity index (χ2v) is 4.53. The van der Waals surface area contributed by atoms with Crippen LogP contribution < -0.4 is 5.56 Å². The number of halogens is 2. The zero-order valence-electron chi connectivity index (χ0n) is 9.21. The van der Waals surface area contributed by atoms with Crippen molar-refractivity contribution < 1.29 is 0 Å². The first-order valence-corrected chi connectivity index (χ1v) is 5.92. The highest BCUT2D eigenvalue weighted by atomic mass is 35.5. The number of pyridine rings is 1. The molecule has 1 aromatic carbocycles. The fraction of sp³-hybridized carbons (Fsp3) is 0.0769. The fourth-order valence-electron chi connectivity index (χ4n) is 1.62. The highest BCUT2D eigenvalue weighted by Gasteiger charge is 2.09. The van der Waals surface area contributed by atoms with Crippen molar-refractivity contribution in [3.8, 4) is 17.2 Å². The van der Waals surface area contributed by atoms with Crippen LogP contribution in [0.1, 0.15) is 5.69 Å². The minimum atomic E-state index is -0.285. The topological polar surface area (TPSA) is 56.6 Å². The molecule has 0 aliphatic rings. The molecular weight excluding hydrogens is 271 g/mol. The van der Waals surface area contributed by atoms with Gasteiger partial charge in [-0.05, 0) is 30.3 Å². The van der Waals surface area contributed by atoms with E-state index in [1.165, 1.54) is 0 Å². The van der Waals surface area contributed by atoms with Crippen LogP contribution in [0.15, 0.2) is 35.1 Å². The lowest BCUT2D eigenvalue weighted by Crippen LogP contribution is -2.11. The summed E-state index contributed by atoms with van der Waals surface area (Å²) in [6.45, 7) is 0. The molecule has 0 saturated carbocycles. The van der Waals surface area contributed by atoms with Gasteiger partial charge in [-0.3, -0.25) is 4.79 Å². The molecule has 0 amide bonds. The van der Waals surface area contributed by atoms with Gasteiger partial charge in [0.1, 0.15) is 0 Å². The van der Waals surface area contributed by atoms with E-state index in [4.69, 9.17) is 28.5 Å². The van der Waals surface area contributed by atoms with Gasteiger partial charge in [0, 0.05) is 26.9 Å². The lowest BCUT2D eigenvalue weighted by Gasteiger charge is -2.05.